The first-order chi connectivity index (χ1) is 14.9. The number of halogens is 3. The summed E-state index contributed by atoms with van der Waals surface area (Å²) in [5.41, 5.74) is 3.66. The molecule has 0 bridgehead atoms. The summed E-state index contributed by atoms with van der Waals surface area (Å²) in [5.74, 6) is -2.00. The van der Waals surface area contributed by atoms with E-state index in [1.54, 1.807) is 24.3 Å². The summed E-state index contributed by atoms with van der Waals surface area (Å²) in [6.07, 6.45) is -4.60. The van der Waals surface area contributed by atoms with E-state index in [1.165, 1.54) is 0 Å². The van der Waals surface area contributed by atoms with Gasteiger partial charge in [-0.1, -0.05) is 78.9 Å². The molecule has 3 nitrogen and oxygen atoms in total. The highest BCUT2D eigenvalue weighted by atomic mass is 19.4. The zero-order valence-electron chi connectivity index (χ0n) is 16.5. The number of alkyl halides is 3. The van der Waals surface area contributed by atoms with Gasteiger partial charge in [-0.05, 0) is 40.7 Å². The minimum atomic E-state index is -5.09. The van der Waals surface area contributed by atoms with Gasteiger partial charge in [-0.2, -0.15) is 18.4 Å². The normalized spacial score (nSPS) is 13.7. The number of benzene rings is 3. The molecule has 0 radical (unpaired) electrons. The number of hydrogen-bond donors (Lipinski definition) is 0. The van der Waals surface area contributed by atoms with Gasteiger partial charge < -0.3 is 4.90 Å². The molecule has 0 heterocycles. The molecule has 0 unspecified atom stereocenters. The van der Waals surface area contributed by atoms with Crippen LogP contribution in [-0.4, -0.2) is 23.0 Å². The van der Waals surface area contributed by atoms with Crippen molar-refractivity contribution in [1.82, 2.24) is 4.90 Å². The number of carbonyl (C=O) groups is 1. The van der Waals surface area contributed by atoms with Gasteiger partial charge >= 0.3 is 12.1 Å². The van der Waals surface area contributed by atoms with Gasteiger partial charge in [0.15, 0.2) is 0 Å². The molecule has 6 heteroatoms. The molecule has 0 saturated carbocycles. The molecule has 0 aliphatic heterocycles. The SMILES string of the molecule is N#C[C@@H](CCc1ccccc1)N(C(=O)C(F)(F)F)C1c2ccccc2-c2ccccc21. The second kappa shape index (κ2) is 8.27. The number of aryl methyl sites for hydroxylation is 1. The molecule has 0 N–H and O–H groups in total. The Morgan fingerprint density at radius 2 is 1.42 bits per heavy atom. The van der Waals surface area contributed by atoms with Crippen molar-refractivity contribution in [3.05, 3.63) is 95.6 Å². The summed E-state index contributed by atoms with van der Waals surface area (Å²) >= 11 is 0. The molecule has 1 atom stereocenters. The lowest BCUT2D eigenvalue weighted by molar-refractivity contribution is -0.188. The van der Waals surface area contributed by atoms with Gasteiger partial charge in [0, 0.05) is 0 Å². The lowest BCUT2D eigenvalue weighted by atomic mass is 9.98. The van der Waals surface area contributed by atoms with Crippen molar-refractivity contribution >= 4 is 5.91 Å². The molecule has 1 aliphatic rings. The zero-order valence-corrected chi connectivity index (χ0v) is 16.5. The van der Waals surface area contributed by atoms with Crippen LogP contribution in [0.15, 0.2) is 78.9 Å². The zero-order chi connectivity index (χ0) is 22.0. The van der Waals surface area contributed by atoms with E-state index in [0.29, 0.717) is 17.5 Å². The molecule has 0 fully saturated rings. The van der Waals surface area contributed by atoms with Crippen LogP contribution in [0.2, 0.25) is 0 Å². The maximum absolute atomic E-state index is 13.7. The van der Waals surface area contributed by atoms with E-state index in [4.69, 9.17) is 0 Å². The third-order valence-corrected chi connectivity index (χ3v) is 5.59. The first-order valence-electron chi connectivity index (χ1n) is 9.93. The number of nitriles is 1. The highest BCUT2D eigenvalue weighted by Crippen LogP contribution is 2.48. The molecule has 1 aliphatic carbocycles. The van der Waals surface area contributed by atoms with Crippen molar-refractivity contribution in [1.29, 1.82) is 5.26 Å². The van der Waals surface area contributed by atoms with Gasteiger partial charge in [0.1, 0.15) is 6.04 Å². The molecule has 3 aromatic rings. The summed E-state index contributed by atoms with van der Waals surface area (Å²) in [5, 5.41) is 9.83. The van der Waals surface area contributed by atoms with Crippen LogP contribution in [0.1, 0.15) is 29.2 Å². The van der Waals surface area contributed by atoms with Gasteiger partial charge in [-0.25, -0.2) is 0 Å². The van der Waals surface area contributed by atoms with Crippen LogP contribution in [0.3, 0.4) is 0 Å². The van der Waals surface area contributed by atoms with Crippen molar-refractivity contribution in [2.45, 2.75) is 31.1 Å². The summed E-state index contributed by atoms with van der Waals surface area (Å²) in [6, 6.07) is 23.2. The second-order valence-electron chi connectivity index (χ2n) is 7.46. The Morgan fingerprint density at radius 1 is 0.903 bits per heavy atom. The van der Waals surface area contributed by atoms with Crippen molar-refractivity contribution in [3.8, 4) is 17.2 Å². The minimum absolute atomic E-state index is 0.100. The van der Waals surface area contributed by atoms with E-state index in [0.717, 1.165) is 21.6 Å². The molecule has 156 valence electrons. The van der Waals surface area contributed by atoms with Gasteiger partial charge in [0.05, 0.1) is 12.1 Å². The van der Waals surface area contributed by atoms with Crippen molar-refractivity contribution in [2.75, 3.05) is 0 Å². The summed E-state index contributed by atoms with van der Waals surface area (Å²) in [6.45, 7) is 0. The molecular formula is C25H19F3N2O. The quantitative estimate of drug-likeness (QED) is 0.534. The molecule has 0 spiro atoms. The number of carbonyl (C=O) groups excluding carboxylic acids is 1. The molecular weight excluding hydrogens is 401 g/mol. The molecule has 0 saturated heterocycles. The van der Waals surface area contributed by atoms with Crippen LogP contribution < -0.4 is 0 Å². The highest BCUT2D eigenvalue weighted by Gasteiger charge is 2.49. The Balaban J connectivity index is 1.78. The average Bonchev–Trinajstić information content (AvgIpc) is 3.11. The van der Waals surface area contributed by atoms with Crippen LogP contribution in [0.25, 0.3) is 11.1 Å². The summed E-state index contributed by atoms with van der Waals surface area (Å²) in [4.78, 5) is 13.4. The fourth-order valence-electron chi connectivity index (χ4n) is 4.23. The summed E-state index contributed by atoms with van der Waals surface area (Å²) in [7, 11) is 0. The van der Waals surface area contributed by atoms with E-state index in [1.807, 2.05) is 60.7 Å². The number of fused-ring (bicyclic) bond motifs is 3. The third-order valence-electron chi connectivity index (χ3n) is 5.59. The molecule has 31 heavy (non-hydrogen) atoms. The van der Waals surface area contributed by atoms with Crippen LogP contribution in [0, 0.1) is 11.3 Å². The van der Waals surface area contributed by atoms with Crippen LogP contribution in [0.4, 0.5) is 13.2 Å². The number of nitrogens with zero attached hydrogens (tertiary/aromatic N) is 2. The molecule has 0 aromatic heterocycles. The summed E-state index contributed by atoms with van der Waals surface area (Å²) < 4.78 is 41.0. The van der Waals surface area contributed by atoms with Crippen molar-refractivity contribution in [3.63, 3.8) is 0 Å². The Labute approximate surface area is 178 Å². The van der Waals surface area contributed by atoms with E-state index in [-0.39, 0.29) is 6.42 Å². The van der Waals surface area contributed by atoms with Crippen LogP contribution in [-0.2, 0) is 11.2 Å². The maximum Gasteiger partial charge on any atom is 0.471 e. The Morgan fingerprint density at radius 3 is 1.94 bits per heavy atom. The lowest BCUT2D eigenvalue weighted by Crippen LogP contribution is -2.48. The number of rotatable bonds is 5. The highest BCUT2D eigenvalue weighted by molar-refractivity contribution is 5.86. The second-order valence-corrected chi connectivity index (χ2v) is 7.46. The van der Waals surface area contributed by atoms with Gasteiger partial charge in [-0.3, -0.25) is 4.79 Å². The molecule has 3 aromatic carbocycles. The Hall–Kier alpha value is -3.59. The molecule has 4 rings (SSSR count). The topological polar surface area (TPSA) is 44.1 Å². The predicted octanol–water partition coefficient (Wildman–Crippen LogP) is 5.67. The third kappa shape index (κ3) is 3.91. The maximum atomic E-state index is 13.7. The predicted molar refractivity (Wildman–Crippen MR) is 111 cm³/mol. The molecule has 1 amide bonds. The first kappa shape index (κ1) is 20.7. The van der Waals surface area contributed by atoms with Crippen molar-refractivity contribution in [2.24, 2.45) is 0 Å². The largest absolute Gasteiger partial charge is 0.471 e. The fourth-order valence-corrected chi connectivity index (χ4v) is 4.23. The Bertz CT molecular complexity index is 1090. The van der Waals surface area contributed by atoms with E-state index in [9.17, 15) is 23.2 Å². The van der Waals surface area contributed by atoms with Crippen LogP contribution in [0.5, 0.6) is 0 Å². The fraction of sp³-hybridized carbons (Fsp3) is 0.200. The van der Waals surface area contributed by atoms with Gasteiger partial charge in [0.25, 0.3) is 0 Å². The first-order valence-corrected chi connectivity index (χ1v) is 9.93. The van der Waals surface area contributed by atoms with E-state index >= 15 is 0 Å². The Kier molecular flexibility index (Phi) is 5.51. The number of amides is 1. The standard InChI is InChI=1S/C25H19F3N2O/c26-25(27,28)24(31)30(18(16-29)15-14-17-8-2-1-3-9-17)23-21-12-6-4-10-19(21)20-11-5-7-13-22(20)23/h1-13,18,23H,14-15H2/t18-/m1/s1. The van der Waals surface area contributed by atoms with Crippen molar-refractivity contribution < 1.29 is 18.0 Å². The number of hydrogen-bond acceptors (Lipinski definition) is 2. The van der Waals surface area contributed by atoms with E-state index in [2.05, 4.69) is 0 Å². The smallest absolute Gasteiger partial charge is 0.308 e. The lowest BCUT2D eigenvalue weighted by Gasteiger charge is -2.34. The van der Waals surface area contributed by atoms with E-state index < -0.39 is 24.2 Å². The van der Waals surface area contributed by atoms with Gasteiger partial charge in [0.2, 0.25) is 0 Å². The average molecular weight is 420 g/mol. The van der Waals surface area contributed by atoms with Gasteiger partial charge in [-0.15, -0.1) is 0 Å². The monoisotopic (exact) mass is 420 g/mol. The minimum Gasteiger partial charge on any atom is -0.308 e. The van der Waals surface area contributed by atoms with Crippen LogP contribution >= 0.6 is 0 Å².